The highest BCUT2D eigenvalue weighted by atomic mass is 16.3. The standard InChI is InChI=1S/C12H18N2O/c15-10-12(6-3-7-12)14-9-5-11-4-1-2-8-13-11/h1-2,4,8,14-15H,3,5-7,9-10H2. The fourth-order valence-corrected chi connectivity index (χ4v) is 2.00. The van der Waals surface area contributed by atoms with Gasteiger partial charge in [-0.15, -0.1) is 0 Å². The predicted molar refractivity (Wildman–Crippen MR) is 59.6 cm³/mol. The second-order valence-corrected chi connectivity index (χ2v) is 4.29. The van der Waals surface area contributed by atoms with Gasteiger partial charge in [-0.3, -0.25) is 4.98 Å². The Morgan fingerprint density at radius 1 is 1.40 bits per heavy atom. The molecule has 82 valence electrons. The van der Waals surface area contributed by atoms with E-state index in [2.05, 4.69) is 10.3 Å². The van der Waals surface area contributed by atoms with Gasteiger partial charge in [0.1, 0.15) is 0 Å². The lowest BCUT2D eigenvalue weighted by Crippen LogP contribution is -2.54. The van der Waals surface area contributed by atoms with E-state index in [0.29, 0.717) is 0 Å². The molecule has 1 heterocycles. The molecule has 0 unspecified atom stereocenters. The zero-order chi connectivity index (χ0) is 10.6. The molecule has 1 saturated carbocycles. The van der Waals surface area contributed by atoms with Crippen molar-refractivity contribution in [3.63, 3.8) is 0 Å². The van der Waals surface area contributed by atoms with Crippen LogP contribution in [0, 0.1) is 0 Å². The minimum absolute atomic E-state index is 0.0226. The van der Waals surface area contributed by atoms with Crippen molar-refractivity contribution in [3.05, 3.63) is 30.1 Å². The van der Waals surface area contributed by atoms with Crippen LogP contribution >= 0.6 is 0 Å². The van der Waals surface area contributed by atoms with Gasteiger partial charge >= 0.3 is 0 Å². The van der Waals surface area contributed by atoms with Gasteiger partial charge in [0.05, 0.1) is 6.61 Å². The zero-order valence-corrected chi connectivity index (χ0v) is 8.95. The predicted octanol–water partition coefficient (Wildman–Crippen LogP) is 1.13. The van der Waals surface area contributed by atoms with Crippen molar-refractivity contribution in [3.8, 4) is 0 Å². The number of nitrogens with one attached hydrogen (secondary N) is 1. The van der Waals surface area contributed by atoms with Crippen molar-refractivity contribution in [2.24, 2.45) is 0 Å². The molecular weight excluding hydrogens is 188 g/mol. The van der Waals surface area contributed by atoms with Crippen molar-refractivity contribution in [1.82, 2.24) is 10.3 Å². The summed E-state index contributed by atoms with van der Waals surface area (Å²) in [6.45, 7) is 1.16. The molecule has 1 aliphatic rings. The second-order valence-electron chi connectivity index (χ2n) is 4.29. The van der Waals surface area contributed by atoms with Crippen LogP contribution in [0.4, 0.5) is 0 Å². The summed E-state index contributed by atoms with van der Waals surface area (Å²) in [6, 6.07) is 5.97. The molecule has 0 spiro atoms. The van der Waals surface area contributed by atoms with Gasteiger partial charge in [-0.25, -0.2) is 0 Å². The summed E-state index contributed by atoms with van der Waals surface area (Å²) in [7, 11) is 0. The van der Waals surface area contributed by atoms with Gasteiger partial charge in [-0.05, 0) is 31.4 Å². The Bertz CT molecular complexity index is 290. The zero-order valence-electron chi connectivity index (χ0n) is 8.95. The normalized spacial score (nSPS) is 18.5. The Labute approximate surface area is 90.5 Å². The van der Waals surface area contributed by atoms with E-state index < -0.39 is 0 Å². The van der Waals surface area contributed by atoms with E-state index in [1.807, 2.05) is 24.4 Å². The number of aliphatic hydroxyl groups is 1. The SMILES string of the molecule is OCC1(NCCc2ccccn2)CCC1. The Morgan fingerprint density at radius 3 is 2.80 bits per heavy atom. The van der Waals surface area contributed by atoms with Crippen LogP contribution in [0.5, 0.6) is 0 Å². The number of pyridine rings is 1. The van der Waals surface area contributed by atoms with Gasteiger partial charge in [0.15, 0.2) is 0 Å². The fourth-order valence-electron chi connectivity index (χ4n) is 2.00. The van der Waals surface area contributed by atoms with Gasteiger partial charge in [-0.1, -0.05) is 6.07 Å². The van der Waals surface area contributed by atoms with Crippen molar-refractivity contribution in [1.29, 1.82) is 0 Å². The van der Waals surface area contributed by atoms with Crippen molar-refractivity contribution in [2.45, 2.75) is 31.2 Å². The third kappa shape index (κ3) is 2.55. The lowest BCUT2D eigenvalue weighted by molar-refractivity contribution is 0.0895. The smallest absolute Gasteiger partial charge is 0.0613 e. The average molecular weight is 206 g/mol. The third-order valence-electron chi connectivity index (χ3n) is 3.22. The molecule has 3 heteroatoms. The topological polar surface area (TPSA) is 45.1 Å². The summed E-state index contributed by atoms with van der Waals surface area (Å²) in [5.41, 5.74) is 1.13. The highest BCUT2D eigenvalue weighted by Gasteiger charge is 2.35. The molecule has 0 amide bonds. The molecule has 1 fully saturated rings. The van der Waals surface area contributed by atoms with Crippen LogP contribution < -0.4 is 5.32 Å². The fraction of sp³-hybridized carbons (Fsp3) is 0.583. The van der Waals surface area contributed by atoms with Crippen LogP contribution in [0.1, 0.15) is 25.0 Å². The lowest BCUT2D eigenvalue weighted by Gasteiger charge is -2.41. The first-order valence-corrected chi connectivity index (χ1v) is 5.60. The molecule has 3 nitrogen and oxygen atoms in total. The number of hydrogen-bond acceptors (Lipinski definition) is 3. The van der Waals surface area contributed by atoms with Gasteiger partial charge in [0.25, 0.3) is 0 Å². The molecule has 0 aromatic carbocycles. The van der Waals surface area contributed by atoms with Crippen LogP contribution in [0.15, 0.2) is 24.4 Å². The van der Waals surface area contributed by atoms with Crippen LogP contribution in [0.3, 0.4) is 0 Å². The second kappa shape index (κ2) is 4.73. The van der Waals surface area contributed by atoms with Gasteiger partial charge in [-0.2, -0.15) is 0 Å². The van der Waals surface area contributed by atoms with Crippen LogP contribution in [0.25, 0.3) is 0 Å². The molecule has 2 rings (SSSR count). The minimum atomic E-state index is 0.0226. The molecule has 1 aliphatic carbocycles. The summed E-state index contributed by atoms with van der Waals surface area (Å²) in [4.78, 5) is 4.27. The molecule has 1 aromatic rings. The molecule has 1 aromatic heterocycles. The quantitative estimate of drug-likeness (QED) is 0.759. The summed E-state index contributed by atoms with van der Waals surface area (Å²) in [5.74, 6) is 0. The number of hydrogen-bond donors (Lipinski definition) is 2. The molecule has 0 aliphatic heterocycles. The molecule has 0 saturated heterocycles. The molecular formula is C12H18N2O. The first kappa shape index (κ1) is 10.6. The number of aromatic nitrogens is 1. The first-order chi connectivity index (χ1) is 7.35. The lowest BCUT2D eigenvalue weighted by atomic mass is 9.77. The van der Waals surface area contributed by atoms with E-state index in [1.165, 1.54) is 6.42 Å². The Hall–Kier alpha value is -0.930. The van der Waals surface area contributed by atoms with Crippen LogP contribution in [-0.4, -0.2) is 28.8 Å². The number of rotatable bonds is 5. The van der Waals surface area contributed by atoms with E-state index in [1.54, 1.807) is 0 Å². The van der Waals surface area contributed by atoms with Gasteiger partial charge in [0.2, 0.25) is 0 Å². The van der Waals surface area contributed by atoms with Crippen molar-refractivity contribution in [2.75, 3.05) is 13.2 Å². The number of aliphatic hydroxyl groups excluding tert-OH is 1. The highest BCUT2D eigenvalue weighted by Crippen LogP contribution is 2.30. The monoisotopic (exact) mass is 206 g/mol. The van der Waals surface area contributed by atoms with Crippen molar-refractivity contribution < 1.29 is 5.11 Å². The maximum absolute atomic E-state index is 9.26. The van der Waals surface area contributed by atoms with E-state index in [4.69, 9.17) is 0 Å². The summed E-state index contributed by atoms with van der Waals surface area (Å²) < 4.78 is 0. The third-order valence-corrected chi connectivity index (χ3v) is 3.22. The van der Waals surface area contributed by atoms with Gasteiger partial charge < -0.3 is 10.4 Å². The maximum Gasteiger partial charge on any atom is 0.0613 e. The Morgan fingerprint density at radius 2 is 2.27 bits per heavy atom. The Kier molecular flexibility index (Phi) is 3.34. The van der Waals surface area contributed by atoms with E-state index in [9.17, 15) is 5.11 Å². The van der Waals surface area contributed by atoms with E-state index >= 15 is 0 Å². The van der Waals surface area contributed by atoms with Crippen LogP contribution in [0.2, 0.25) is 0 Å². The highest BCUT2D eigenvalue weighted by molar-refractivity contribution is 5.04. The van der Waals surface area contributed by atoms with Gasteiger partial charge in [0, 0.05) is 30.4 Å². The summed E-state index contributed by atoms with van der Waals surface area (Å²) in [5, 5.41) is 12.7. The van der Waals surface area contributed by atoms with Crippen molar-refractivity contribution >= 4 is 0 Å². The summed E-state index contributed by atoms with van der Waals surface area (Å²) in [6.07, 6.45) is 6.19. The maximum atomic E-state index is 9.26. The van der Waals surface area contributed by atoms with Crippen LogP contribution in [-0.2, 0) is 6.42 Å². The Balaban J connectivity index is 1.75. The van der Waals surface area contributed by atoms with E-state index in [-0.39, 0.29) is 12.1 Å². The van der Waals surface area contributed by atoms with E-state index in [0.717, 1.165) is 31.5 Å². The molecule has 0 bridgehead atoms. The first-order valence-electron chi connectivity index (χ1n) is 5.60. The minimum Gasteiger partial charge on any atom is -0.394 e. The molecule has 0 radical (unpaired) electrons. The molecule has 2 N–H and O–H groups in total. The number of nitrogens with zero attached hydrogens (tertiary/aromatic N) is 1. The average Bonchev–Trinajstić information content (AvgIpc) is 2.24. The molecule has 15 heavy (non-hydrogen) atoms. The molecule has 0 atom stereocenters. The largest absolute Gasteiger partial charge is 0.394 e. The summed E-state index contributed by atoms with van der Waals surface area (Å²) >= 11 is 0.